The second-order valence-electron chi connectivity index (χ2n) is 4.86. The normalized spacial score (nSPS) is 20.6. The molecule has 1 aliphatic rings. The molecule has 1 unspecified atom stereocenters. The van der Waals surface area contributed by atoms with Gasteiger partial charge in [0.15, 0.2) is 0 Å². The smallest absolute Gasteiger partial charge is 0.0521 e. The van der Waals surface area contributed by atoms with Gasteiger partial charge in [0.1, 0.15) is 0 Å². The van der Waals surface area contributed by atoms with Gasteiger partial charge in [-0.3, -0.25) is 4.68 Å². The van der Waals surface area contributed by atoms with Crippen LogP contribution in [0.4, 0.5) is 0 Å². The first kappa shape index (κ1) is 12.6. The van der Waals surface area contributed by atoms with E-state index in [4.69, 9.17) is 4.74 Å². The first-order chi connectivity index (χ1) is 8.38. The molecular weight excluding hydrogens is 214 g/mol. The van der Waals surface area contributed by atoms with Crippen LogP contribution in [0.3, 0.4) is 0 Å². The van der Waals surface area contributed by atoms with Crippen molar-refractivity contribution in [3.05, 3.63) is 18.0 Å². The fourth-order valence-corrected chi connectivity index (χ4v) is 2.32. The van der Waals surface area contributed by atoms with Crippen molar-refractivity contribution >= 4 is 0 Å². The van der Waals surface area contributed by atoms with E-state index in [0.717, 1.165) is 32.7 Å². The summed E-state index contributed by atoms with van der Waals surface area (Å²) in [4.78, 5) is 0. The molecule has 1 fully saturated rings. The summed E-state index contributed by atoms with van der Waals surface area (Å²) < 4.78 is 7.57. The lowest BCUT2D eigenvalue weighted by molar-refractivity contribution is 0.0470. The fourth-order valence-electron chi connectivity index (χ4n) is 2.32. The lowest BCUT2D eigenvalue weighted by Gasteiger charge is -2.21. The van der Waals surface area contributed by atoms with Gasteiger partial charge in [0.2, 0.25) is 0 Å². The highest BCUT2D eigenvalue weighted by atomic mass is 16.5. The van der Waals surface area contributed by atoms with Crippen LogP contribution in [0.25, 0.3) is 0 Å². The predicted octanol–water partition coefficient (Wildman–Crippen LogP) is 1.46. The number of nitrogens with zero attached hydrogens (tertiary/aromatic N) is 2. The molecule has 4 nitrogen and oxygen atoms in total. The lowest BCUT2D eigenvalue weighted by Crippen LogP contribution is -2.22. The number of hydrogen-bond donors (Lipinski definition) is 1. The molecule has 1 aliphatic heterocycles. The molecule has 1 aromatic rings. The minimum atomic E-state index is 0.647. The molecule has 1 N–H and O–H groups in total. The summed E-state index contributed by atoms with van der Waals surface area (Å²) in [7, 11) is 1.99. The highest BCUT2D eigenvalue weighted by molar-refractivity contribution is 5.03. The number of hydrogen-bond acceptors (Lipinski definition) is 3. The minimum Gasteiger partial charge on any atom is -0.381 e. The first-order valence-electron chi connectivity index (χ1n) is 6.62. The van der Waals surface area contributed by atoms with Gasteiger partial charge < -0.3 is 10.1 Å². The second-order valence-corrected chi connectivity index (χ2v) is 4.86. The molecule has 1 atom stereocenters. The maximum atomic E-state index is 5.49. The van der Waals surface area contributed by atoms with Crippen molar-refractivity contribution in [3.8, 4) is 0 Å². The molecule has 0 spiro atoms. The summed E-state index contributed by atoms with van der Waals surface area (Å²) in [5, 5.41) is 7.60. The van der Waals surface area contributed by atoms with Gasteiger partial charge in [0.25, 0.3) is 0 Å². The molecule has 96 valence electrons. The molecule has 0 saturated carbocycles. The van der Waals surface area contributed by atoms with Crippen molar-refractivity contribution in [2.24, 2.45) is 5.92 Å². The molecular formula is C13H23N3O. The second kappa shape index (κ2) is 6.77. The molecule has 2 heterocycles. The quantitative estimate of drug-likeness (QED) is 0.761. The van der Waals surface area contributed by atoms with Crippen molar-refractivity contribution in [1.29, 1.82) is 0 Å². The molecule has 0 aliphatic carbocycles. The summed E-state index contributed by atoms with van der Waals surface area (Å²) in [6.45, 7) is 3.91. The van der Waals surface area contributed by atoms with Crippen LogP contribution in [0.5, 0.6) is 0 Å². The van der Waals surface area contributed by atoms with Crippen LogP contribution in [0.2, 0.25) is 0 Å². The van der Waals surface area contributed by atoms with Gasteiger partial charge in [0, 0.05) is 25.3 Å². The van der Waals surface area contributed by atoms with Crippen LogP contribution in [0.15, 0.2) is 12.4 Å². The molecule has 0 radical (unpaired) electrons. The van der Waals surface area contributed by atoms with Crippen LogP contribution < -0.4 is 5.32 Å². The van der Waals surface area contributed by atoms with Gasteiger partial charge >= 0.3 is 0 Å². The average molecular weight is 237 g/mol. The first-order valence-corrected chi connectivity index (χ1v) is 6.62. The lowest BCUT2D eigenvalue weighted by atomic mass is 10.0. The number of rotatable bonds is 6. The van der Waals surface area contributed by atoms with E-state index in [1.165, 1.54) is 24.8 Å². The van der Waals surface area contributed by atoms with Crippen molar-refractivity contribution in [3.63, 3.8) is 0 Å². The number of aromatic nitrogens is 2. The fraction of sp³-hybridized carbons (Fsp3) is 0.769. The van der Waals surface area contributed by atoms with E-state index in [9.17, 15) is 0 Å². The number of nitrogens with one attached hydrogen (secondary N) is 1. The van der Waals surface area contributed by atoms with Crippen molar-refractivity contribution in [2.45, 2.75) is 32.2 Å². The molecule has 1 saturated heterocycles. The summed E-state index contributed by atoms with van der Waals surface area (Å²) in [6, 6.07) is 0. The Balaban J connectivity index is 1.76. The maximum absolute atomic E-state index is 5.49. The Bertz CT molecular complexity index is 318. The molecule has 0 amide bonds. The van der Waals surface area contributed by atoms with Crippen LogP contribution in [-0.4, -0.2) is 36.6 Å². The van der Waals surface area contributed by atoms with Crippen LogP contribution in [0.1, 0.15) is 24.8 Å². The molecule has 0 bridgehead atoms. The zero-order valence-corrected chi connectivity index (χ0v) is 10.7. The minimum absolute atomic E-state index is 0.647. The van der Waals surface area contributed by atoms with Gasteiger partial charge in [-0.2, -0.15) is 5.10 Å². The third kappa shape index (κ3) is 4.13. The van der Waals surface area contributed by atoms with E-state index in [2.05, 4.69) is 21.3 Å². The van der Waals surface area contributed by atoms with Gasteiger partial charge in [-0.1, -0.05) is 0 Å². The van der Waals surface area contributed by atoms with Crippen molar-refractivity contribution in [2.75, 3.05) is 26.8 Å². The van der Waals surface area contributed by atoms with Gasteiger partial charge in [-0.05, 0) is 44.8 Å². The zero-order valence-electron chi connectivity index (χ0n) is 10.7. The number of ether oxygens (including phenoxy) is 1. The van der Waals surface area contributed by atoms with Crippen LogP contribution >= 0.6 is 0 Å². The van der Waals surface area contributed by atoms with E-state index in [-0.39, 0.29) is 0 Å². The monoisotopic (exact) mass is 237 g/mol. The Morgan fingerprint density at radius 2 is 2.53 bits per heavy atom. The summed E-state index contributed by atoms with van der Waals surface area (Å²) >= 11 is 0. The topological polar surface area (TPSA) is 39.1 Å². The summed E-state index contributed by atoms with van der Waals surface area (Å²) in [5.74, 6) is 0.647. The molecule has 0 aromatic carbocycles. The van der Waals surface area contributed by atoms with E-state index in [0.29, 0.717) is 5.92 Å². The highest BCUT2D eigenvalue weighted by Crippen LogP contribution is 2.15. The summed E-state index contributed by atoms with van der Waals surface area (Å²) in [6.07, 6.45) is 8.94. The molecule has 4 heteroatoms. The Kier molecular flexibility index (Phi) is 5.01. The van der Waals surface area contributed by atoms with Crippen molar-refractivity contribution in [1.82, 2.24) is 15.1 Å². The van der Waals surface area contributed by atoms with Gasteiger partial charge in [-0.15, -0.1) is 0 Å². The summed E-state index contributed by atoms with van der Waals surface area (Å²) in [5.41, 5.74) is 1.34. The Labute approximate surface area is 103 Å². The van der Waals surface area contributed by atoms with E-state index < -0.39 is 0 Å². The third-order valence-corrected chi connectivity index (χ3v) is 3.28. The number of aryl methyl sites for hydroxylation is 1. The van der Waals surface area contributed by atoms with Gasteiger partial charge in [-0.25, -0.2) is 0 Å². The largest absolute Gasteiger partial charge is 0.381 e. The van der Waals surface area contributed by atoms with E-state index in [1.807, 2.05) is 13.2 Å². The SMILES string of the molecule is CNCCCc1cnn(CC2CCCOC2)c1. The average Bonchev–Trinajstić information content (AvgIpc) is 2.79. The standard InChI is InChI=1S/C13H23N3O/c1-14-6-2-4-12-8-15-16(9-12)10-13-5-3-7-17-11-13/h8-9,13-14H,2-7,10-11H2,1H3. The van der Waals surface area contributed by atoms with Crippen LogP contribution in [-0.2, 0) is 17.7 Å². The Morgan fingerprint density at radius 1 is 1.59 bits per heavy atom. The third-order valence-electron chi connectivity index (χ3n) is 3.28. The molecule has 17 heavy (non-hydrogen) atoms. The van der Waals surface area contributed by atoms with E-state index >= 15 is 0 Å². The predicted molar refractivity (Wildman–Crippen MR) is 68.0 cm³/mol. The maximum Gasteiger partial charge on any atom is 0.0521 e. The zero-order chi connectivity index (χ0) is 11.9. The van der Waals surface area contributed by atoms with Gasteiger partial charge in [0.05, 0.1) is 12.8 Å². The highest BCUT2D eigenvalue weighted by Gasteiger charge is 2.14. The van der Waals surface area contributed by atoms with Crippen LogP contribution in [0, 0.1) is 5.92 Å². The van der Waals surface area contributed by atoms with Crippen molar-refractivity contribution < 1.29 is 4.74 Å². The Hall–Kier alpha value is -0.870. The molecule has 1 aromatic heterocycles. The Morgan fingerprint density at radius 3 is 3.29 bits per heavy atom. The van der Waals surface area contributed by atoms with E-state index in [1.54, 1.807) is 0 Å². The molecule has 2 rings (SSSR count).